The number of nitrogens with two attached hydrogens (primary N) is 2. The SMILES string of the molecule is CC.CCC1C2CCCC3CCCCCCC3(C)C2CCC1(C)CC(C)CCN.CN.N. The summed E-state index contributed by atoms with van der Waals surface area (Å²) in [7, 11) is 1.50. The van der Waals surface area contributed by atoms with Gasteiger partial charge in [-0.15, -0.1) is 0 Å². The van der Waals surface area contributed by atoms with Gasteiger partial charge in [-0.3, -0.25) is 0 Å². The van der Waals surface area contributed by atoms with Crippen molar-refractivity contribution in [2.45, 2.75) is 131 Å². The lowest BCUT2D eigenvalue weighted by Crippen LogP contribution is -2.48. The molecule has 3 nitrogen and oxygen atoms in total. The Labute approximate surface area is 203 Å². The molecule has 0 radical (unpaired) electrons. The molecule has 3 saturated carbocycles. The fourth-order valence-electron chi connectivity index (χ4n) is 8.48. The van der Waals surface area contributed by atoms with E-state index in [9.17, 15) is 0 Å². The summed E-state index contributed by atoms with van der Waals surface area (Å²) in [6.45, 7) is 15.2. The summed E-state index contributed by atoms with van der Waals surface area (Å²) in [6.07, 6.45) is 20.6. The van der Waals surface area contributed by atoms with Crippen molar-refractivity contribution in [2.75, 3.05) is 13.6 Å². The zero-order valence-electron chi connectivity index (χ0n) is 23.4. The van der Waals surface area contributed by atoms with Crippen LogP contribution in [0.3, 0.4) is 0 Å². The third kappa shape index (κ3) is 7.44. The summed E-state index contributed by atoms with van der Waals surface area (Å²) < 4.78 is 0. The van der Waals surface area contributed by atoms with Crippen LogP contribution < -0.4 is 17.6 Å². The second-order valence-corrected chi connectivity index (χ2v) is 11.5. The van der Waals surface area contributed by atoms with Crippen LogP contribution in [-0.2, 0) is 0 Å². The third-order valence-corrected chi connectivity index (χ3v) is 9.76. The van der Waals surface area contributed by atoms with Crippen molar-refractivity contribution >= 4 is 0 Å². The molecule has 7 atom stereocenters. The third-order valence-electron chi connectivity index (χ3n) is 9.76. The molecule has 0 aromatic carbocycles. The van der Waals surface area contributed by atoms with Crippen molar-refractivity contribution < 1.29 is 0 Å². The fourth-order valence-corrected chi connectivity index (χ4v) is 8.48. The van der Waals surface area contributed by atoms with E-state index in [4.69, 9.17) is 5.73 Å². The number of hydrogen-bond acceptors (Lipinski definition) is 3. The largest absolute Gasteiger partial charge is 0.344 e. The maximum absolute atomic E-state index is 5.89. The summed E-state index contributed by atoms with van der Waals surface area (Å²) in [5, 5.41) is 0. The van der Waals surface area contributed by atoms with Crippen molar-refractivity contribution in [1.82, 2.24) is 6.15 Å². The van der Waals surface area contributed by atoms with Gasteiger partial charge in [-0.25, -0.2) is 0 Å². The van der Waals surface area contributed by atoms with Crippen LogP contribution in [0.4, 0.5) is 0 Å². The molecule has 0 aliphatic heterocycles. The molecule has 3 aliphatic rings. The van der Waals surface area contributed by atoms with Crippen LogP contribution in [0, 0.1) is 40.4 Å². The predicted octanol–water partition coefficient (Wildman–Crippen LogP) is 8.34. The first-order chi connectivity index (χ1) is 14.9. The second kappa shape index (κ2) is 15.7. The summed E-state index contributed by atoms with van der Waals surface area (Å²) in [6, 6.07) is 0. The van der Waals surface area contributed by atoms with Gasteiger partial charge in [0.25, 0.3) is 0 Å². The Morgan fingerprint density at radius 1 is 0.875 bits per heavy atom. The summed E-state index contributed by atoms with van der Waals surface area (Å²) in [5.41, 5.74) is 11.6. The molecule has 32 heavy (non-hydrogen) atoms. The van der Waals surface area contributed by atoms with Crippen LogP contribution in [0.15, 0.2) is 0 Å². The highest BCUT2D eigenvalue weighted by molar-refractivity contribution is 5.03. The minimum Gasteiger partial charge on any atom is -0.344 e. The Morgan fingerprint density at radius 2 is 1.50 bits per heavy atom. The lowest BCUT2D eigenvalue weighted by Gasteiger charge is -2.56. The van der Waals surface area contributed by atoms with E-state index >= 15 is 0 Å². The van der Waals surface area contributed by atoms with Crippen LogP contribution in [0.2, 0.25) is 0 Å². The van der Waals surface area contributed by atoms with Crippen molar-refractivity contribution in [1.29, 1.82) is 0 Å². The molecule has 0 spiro atoms. The van der Waals surface area contributed by atoms with Gasteiger partial charge >= 0.3 is 0 Å². The van der Waals surface area contributed by atoms with Crippen molar-refractivity contribution in [3.05, 3.63) is 0 Å². The first-order valence-corrected chi connectivity index (χ1v) is 14.2. The van der Waals surface area contributed by atoms with Gasteiger partial charge < -0.3 is 17.6 Å². The van der Waals surface area contributed by atoms with Crippen molar-refractivity contribution in [3.8, 4) is 0 Å². The van der Waals surface area contributed by atoms with E-state index in [0.717, 1.165) is 36.1 Å². The van der Waals surface area contributed by atoms with E-state index in [1.807, 2.05) is 13.8 Å². The first-order valence-electron chi connectivity index (χ1n) is 14.2. The van der Waals surface area contributed by atoms with E-state index in [1.54, 1.807) is 0 Å². The summed E-state index contributed by atoms with van der Waals surface area (Å²) in [4.78, 5) is 0. The first kappa shape index (κ1) is 31.9. The minimum atomic E-state index is 0. The van der Waals surface area contributed by atoms with Gasteiger partial charge in [0.2, 0.25) is 0 Å². The summed E-state index contributed by atoms with van der Waals surface area (Å²) in [5.74, 6) is 4.75. The van der Waals surface area contributed by atoms with Gasteiger partial charge in [-0.2, -0.15) is 0 Å². The number of hydrogen-bond donors (Lipinski definition) is 3. The molecule has 3 aliphatic carbocycles. The topological polar surface area (TPSA) is 87.0 Å². The molecule has 0 saturated heterocycles. The van der Waals surface area contributed by atoms with E-state index in [1.165, 1.54) is 96.9 Å². The Kier molecular flexibility index (Phi) is 15.7. The maximum Gasteiger partial charge on any atom is -0.00747 e. The van der Waals surface area contributed by atoms with Gasteiger partial charge in [0.05, 0.1) is 0 Å². The average Bonchev–Trinajstić information content (AvgIpc) is 2.88. The highest BCUT2D eigenvalue weighted by Gasteiger charge is 2.53. The van der Waals surface area contributed by atoms with Crippen LogP contribution in [0.25, 0.3) is 0 Å². The van der Waals surface area contributed by atoms with Crippen molar-refractivity contribution in [3.63, 3.8) is 0 Å². The Hall–Kier alpha value is -0.120. The van der Waals surface area contributed by atoms with E-state index in [2.05, 4.69) is 33.4 Å². The molecule has 194 valence electrons. The normalized spacial score (nSPS) is 37.8. The standard InChI is InChI=1S/C26H49N.C2H6.CH5N.H3N/c1-5-23-22-13-10-12-21-11-8-6-7-9-16-26(21,4)24(22)14-17-25(23,3)19-20(2)15-18-27;2*1-2;/h20-24H,5-19,27H2,1-4H3;1-2H3;2H2,1H3;1H3. The molecule has 0 heterocycles. The van der Waals surface area contributed by atoms with Crippen molar-refractivity contribution in [2.24, 2.45) is 51.9 Å². The Morgan fingerprint density at radius 3 is 2.12 bits per heavy atom. The molecule has 3 rings (SSSR count). The average molecular weight is 454 g/mol. The Balaban J connectivity index is 0.00000182. The van der Waals surface area contributed by atoms with E-state index < -0.39 is 0 Å². The number of fused-ring (bicyclic) bond motifs is 3. The quantitative estimate of drug-likeness (QED) is 0.391. The van der Waals surface area contributed by atoms with Crippen LogP contribution in [0.1, 0.15) is 131 Å². The smallest absolute Gasteiger partial charge is 0.00747 e. The molecule has 7 unspecified atom stereocenters. The monoisotopic (exact) mass is 454 g/mol. The van der Waals surface area contributed by atoms with Crippen LogP contribution in [0.5, 0.6) is 0 Å². The molecule has 0 amide bonds. The fraction of sp³-hybridized carbons (Fsp3) is 1.00. The van der Waals surface area contributed by atoms with Gasteiger partial charge in [0.1, 0.15) is 0 Å². The lowest BCUT2D eigenvalue weighted by atomic mass is 9.49. The molecule has 0 aromatic rings. The van der Waals surface area contributed by atoms with Gasteiger partial charge in [-0.05, 0) is 105 Å². The zero-order chi connectivity index (χ0) is 23.5. The summed E-state index contributed by atoms with van der Waals surface area (Å²) >= 11 is 0. The zero-order valence-corrected chi connectivity index (χ0v) is 23.4. The van der Waals surface area contributed by atoms with Crippen LogP contribution >= 0.6 is 0 Å². The maximum atomic E-state index is 5.89. The van der Waals surface area contributed by atoms with Gasteiger partial charge in [0.15, 0.2) is 0 Å². The van der Waals surface area contributed by atoms with E-state index in [-0.39, 0.29) is 6.15 Å². The minimum absolute atomic E-state index is 0. The number of rotatable bonds is 5. The Bertz CT molecular complexity index is 467. The van der Waals surface area contributed by atoms with Gasteiger partial charge in [0, 0.05) is 0 Å². The highest BCUT2D eigenvalue weighted by atomic mass is 14.6. The van der Waals surface area contributed by atoms with Gasteiger partial charge in [-0.1, -0.05) is 80.1 Å². The van der Waals surface area contributed by atoms with E-state index in [0.29, 0.717) is 10.8 Å². The molecule has 0 bridgehead atoms. The van der Waals surface area contributed by atoms with Crippen LogP contribution in [-0.4, -0.2) is 13.6 Å². The second-order valence-electron chi connectivity index (χ2n) is 11.5. The molecular formula is C29H63N3. The molecular weight excluding hydrogens is 390 g/mol. The molecule has 0 aromatic heterocycles. The lowest BCUT2D eigenvalue weighted by molar-refractivity contribution is -0.0699. The highest BCUT2D eigenvalue weighted by Crippen LogP contribution is 2.62. The molecule has 7 N–H and O–H groups in total. The molecule has 3 heteroatoms. The molecule has 3 fully saturated rings. The predicted molar refractivity (Wildman–Crippen MR) is 145 cm³/mol.